The summed E-state index contributed by atoms with van der Waals surface area (Å²) in [6.45, 7) is 2.34. The van der Waals surface area contributed by atoms with E-state index in [9.17, 15) is 0 Å². The Bertz CT molecular complexity index is 121. The van der Waals surface area contributed by atoms with Crippen molar-refractivity contribution in [2.24, 2.45) is 11.8 Å². The predicted molar refractivity (Wildman–Crippen MR) is 47.3 cm³/mol. The van der Waals surface area contributed by atoms with Crippen LogP contribution in [0, 0.1) is 11.8 Å². The number of hydrogen-bond donors (Lipinski definition) is 0. The molecule has 0 atom stereocenters. The molecule has 11 heavy (non-hydrogen) atoms. The van der Waals surface area contributed by atoms with Crippen molar-refractivity contribution in [3.63, 3.8) is 0 Å². The van der Waals surface area contributed by atoms with Crippen LogP contribution in [0.1, 0.15) is 32.6 Å². The van der Waals surface area contributed by atoms with Gasteiger partial charge in [-0.05, 0) is 30.8 Å². The van der Waals surface area contributed by atoms with Gasteiger partial charge in [0, 0.05) is 0 Å². The summed E-state index contributed by atoms with van der Waals surface area (Å²) in [5.41, 5.74) is 0. The molecule has 1 nitrogen and oxygen atoms in total. The maximum absolute atomic E-state index is 4.89. The van der Waals surface area contributed by atoms with E-state index >= 15 is 0 Å². The summed E-state index contributed by atoms with van der Waals surface area (Å²) < 4.78 is 4.89. The highest BCUT2D eigenvalue weighted by Crippen LogP contribution is 2.28. The summed E-state index contributed by atoms with van der Waals surface area (Å²) in [6.07, 6.45) is 9.49. The van der Waals surface area contributed by atoms with Crippen LogP contribution < -0.4 is 0 Å². The molecule has 0 unspecified atom stereocenters. The SMILES string of the molecule is CO/C=C\C1CCC(C)CC1. The molecule has 0 radical (unpaired) electrons. The number of allylic oxidation sites excluding steroid dienone is 1. The molecule has 0 saturated heterocycles. The van der Waals surface area contributed by atoms with Gasteiger partial charge >= 0.3 is 0 Å². The van der Waals surface area contributed by atoms with Crippen molar-refractivity contribution in [1.82, 2.24) is 0 Å². The van der Waals surface area contributed by atoms with Crippen molar-refractivity contribution >= 4 is 0 Å². The summed E-state index contributed by atoms with van der Waals surface area (Å²) in [5.74, 6) is 1.73. The maximum Gasteiger partial charge on any atom is 0.0787 e. The van der Waals surface area contributed by atoms with Crippen LogP contribution in [0.3, 0.4) is 0 Å². The fraction of sp³-hybridized carbons (Fsp3) is 0.800. The van der Waals surface area contributed by atoms with E-state index in [1.165, 1.54) is 25.7 Å². The summed E-state index contributed by atoms with van der Waals surface area (Å²) in [7, 11) is 1.71. The third-order valence-electron chi connectivity index (χ3n) is 2.55. The predicted octanol–water partition coefficient (Wildman–Crippen LogP) is 2.97. The fourth-order valence-electron chi connectivity index (χ4n) is 1.67. The first-order valence-corrected chi connectivity index (χ1v) is 4.52. The summed E-state index contributed by atoms with van der Waals surface area (Å²) >= 11 is 0. The normalized spacial score (nSPS) is 32.5. The van der Waals surface area contributed by atoms with Crippen molar-refractivity contribution in [2.45, 2.75) is 32.6 Å². The van der Waals surface area contributed by atoms with Crippen molar-refractivity contribution in [1.29, 1.82) is 0 Å². The van der Waals surface area contributed by atoms with Gasteiger partial charge in [-0.1, -0.05) is 19.8 Å². The Labute approximate surface area is 69.4 Å². The topological polar surface area (TPSA) is 9.23 Å². The lowest BCUT2D eigenvalue weighted by Gasteiger charge is -2.23. The third-order valence-corrected chi connectivity index (χ3v) is 2.55. The minimum atomic E-state index is 0.783. The lowest BCUT2D eigenvalue weighted by Crippen LogP contribution is -2.09. The summed E-state index contributed by atoms with van der Waals surface area (Å²) in [4.78, 5) is 0. The van der Waals surface area contributed by atoms with E-state index in [1.807, 2.05) is 6.26 Å². The van der Waals surface area contributed by atoms with Gasteiger partial charge in [0.15, 0.2) is 0 Å². The van der Waals surface area contributed by atoms with E-state index in [0.717, 1.165) is 11.8 Å². The largest absolute Gasteiger partial charge is 0.505 e. The zero-order chi connectivity index (χ0) is 8.10. The smallest absolute Gasteiger partial charge is 0.0787 e. The summed E-state index contributed by atoms with van der Waals surface area (Å²) in [6, 6.07) is 0. The van der Waals surface area contributed by atoms with Crippen LogP contribution in [0.2, 0.25) is 0 Å². The standard InChI is InChI=1S/C10H18O/c1-9-3-5-10(6-4-9)7-8-11-2/h7-10H,3-6H2,1-2H3/b8-7-. The highest BCUT2D eigenvalue weighted by molar-refractivity contribution is 4.86. The highest BCUT2D eigenvalue weighted by atomic mass is 16.5. The van der Waals surface area contributed by atoms with Crippen LogP contribution in [0.25, 0.3) is 0 Å². The Morgan fingerprint density at radius 2 is 1.82 bits per heavy atom. The highest BCUT2D eigenvalue weighted by Gasteiger charge is 2.15. The van der Waals surface area contributed by atoms with Crippen LogP contribution in [0.4, 0.5) is 0 Å². The molecule has 1 aliphatic rings. The quantitative estimate of drug-likeness (QED) is 0.556. The van der Waals surface area contributed by atoms with Crippen molar-refractivity contribution in [3.05, 3.63) is 12.3 Å². The molecule has 0 bridgehead atoms. The molecule has 1 fully saturated rings. The van der Waals surface area contributed by atoms with Crippen molar-refractivity contribution in [3.8, 4) is 0 Å². The van der Waals surface area contributed by atoms with Crippen LogP contribution in [0.15, 0.2) is 12.3 Å². The van der Waals surface area contributed by atoms with Gasteiger partial charge in [0.2, 0.25) is 0 Å². The average molecular weight is 154 g/mol. The van der Waals surface area contributed by atoms with E-state index in [0.29, 0.717) is 0 Å². The first-order valence-electron chi connectivity index (χ1n) is 4.52. The molecule has 0 amide bonds. The lowest BCUT2D eigenvalue weighted by atomic mass is 9.83. The monoisotopic (exact) mass is 154 g/mol. The Morgan fingerprint density at radius 1 is 1.18 bits per heavy atom. The van der Waals surface area contributed by atoms with Gasteiger partial charge in [-0.15, -0.1) is 0 Å². The maximum atomic E-state index is 4.89. The first-order chi connectivity index (χ1) is 5.33. The van der Waals surface area contributed by atoms with Gasteiger partial charge in [-0.25, -0.2) is 0 Å². The fourth-order valence-corrected chi connectivity index (χ4v) is 1.67. The lowest BCUT2D eigenvalue weighted by molar-refractivity contribution is 0.308. The number of rotatable bonds is 2. The minimum Gasteiger partial charge on any atom is -0.505 e. The molecule has 1 aliphatic carbocycles. The Kier molecular flexibility index (Phi) is 3.47. The number of ether oxygens (including phenoxy) is 1. The molecule has 1 rings (SSSR count). The van der Waals surface area contributed by atoms with E-state index in [4.69, 9.17) is 4.74 Å². The molecule has 0 spiro atoms. The molecular weight excluding hydrogens is 136 g/mol. The molecule has 1 heteroatoms. The van der Waals surface area contributed by atoms with Crippen LogP contribution in [-0.2, 0) is 4.74 Å². The molecule has 0 N–H and O–H groups in total. The molecule has 0 aliphatic heterocycles. The van der Waals surface area contributed by atoms with Gasteiger partial charge in [-0.3, -0.25) is 0 Å². The summed E-state index contributed by atoms with van der Waals surface area (Å²) in [5, 5.41) is 0. The average Bonchev–Trinajstić information content (AvgIpc) is 2.04. The van der Waals surface area contributed by atoms with Crippen molar-refractivity contribution < 1.29 is 4.74 Å². The first kappa shape index (κ1) is 8.63. The van der Waals surface area contributed by atoms with Crippen molar-refractivity contribution in [2.75, 3.05) is 7.11 Å². The number of methoxy groups -OCH3 is 1. The van der Waals surface area contributed by atoms with Gasteiger partial charge in [0.25, 0.3) is 0 Å². The van der Waals surface area contributed by atoms with Crippen LogP contribution in [0.5, 0.6) is 0 Å². The molecule has 1 saturated carbocycles. The third kappa shape index (κ3) is 2.96. The van der Waals surface area contributed by atoms with E-state index in [2.05, 4.69) is 13.0 Å². The van der Waals surface area contributed by atoms with E-state index in [-0.39, 0.29) is 0 Å². The zero-order valence-electron chi connectivity index (χ0n) is 7.55. The van der Waals surface area contributed by atoms with Crippen LogP contribution >= 0.6 is 0 Å². The molecule has 0 aromatic carbocycles. The van der Waals surface area contributed by atoms with Gasteiger partial charge in [-0.2, -0.15) is 0 Å². The Morgan fingerprint density at radius 3 is 2.36 bits per heavy atom. The molecule has 0 aromatic rings. The Balaban J connectivity index is 2.22. The molecular formula is C10H18O. The van der Waals surface area contributed by atoms with Gasteiger partial charge in [0.05, 0.1) is 13.4 Å². The second-order valence-corrected chi connectivity index (χ2v) is 3.58. The second kappa shape index (κ2) is 4.42. The Hall–Kier alpha value is -0.460. The zero-order valence-corrected chi connectivity index (χ0v) is 7.55. The van der Waals surface area contributed by atoms with E-state index < -0.39 is 0 Å². The van der Waals surface area contributed by atoms with Gasteiger partial charge < -0.3 is 4.74 Å². The van der Waals surface area contributed by atoms with Gasteiger partial charge in [0.1, 0.15) is 0 Å². The molecule has 0 aromatic heterocycles. The van der Waals surface area contributed by atoms with E-state index in [1.54, 1.807) is 7.11 Å². The second-order valence-electron chi connectivity index (χ2n) is 3.58. The number of hydrogen-bond acceptors (Lipinski definition) is 1. The molecule has 0 heterocycles. The minimum absolute atomic E-state index is 0.783. The van der Waals surface area contributed by atoms with Crippen LogP contribution in [-0.4, -0.2) is 7.11 Å². The molecule has 64 valence electrons.